The van der Waals surface area contributed by atoms with Gasteiger partial charge in [0.2, 0.25) is 5.91 Å². The predicted molar refractivity (Wildman–Crippen MR) is 115 cm³/mol. The number of halogens is 1. The lowest BCUT2D eigenvalue weighted by Gasteiger charge is -2.25. The molecule has 26 heavy (non-hydrogen) atoms. The Bertz CT molecular complexity index is 812. The van der Waals surface area contributed by atoms with Gasteiger partial charge in [-0.2, -0.15) is 0 Å². The third-order valence-electron chi connectivity index (χ3n) is 3.79. The van der Waals surface area contributed by atoms with Crippen molar-refractivity contribution in [3.8, 4) is 0 Å². The van der Waals surface area contributed by atoms with Crippen LogP contribution in [-0.2, 0) is 11.3 Å². The molecule has 0 saturated heterocycles. The number of carbonyl (C=O) groups excluding carboxylic acids is 2. The van der Waals surface area contributed by atoms with Crippen molar-refractivity contribution < 1.29 is 9.59 Å². The van der Waals surface area contributed by atoms with Crippen LogP contribution >= 0.6 is 34.8 Å². The normalized spacial score (nSPS) is 10.2. The predicted octanol–water partition coefficient (Wildman–Crippen LogP) is 2.99. The van der Waals surface area contributed by atoms with Crippen molar-refractivity contribution in [3.63, 3.8) is 0 Å². The summed E-state index contributed by atoms with van der Waals surface area (Å²) in [7, 11) is 0. The lowest BCUT2D eigenvalue weighted by molar-refractivity contribution is -0.118. The second-order valence-corrected chi connectivity index (χ2v) is 7.40. The first-order chi connectivity index (χ1) is 12.4. The molecule has 0 fully saturated rings. The first-order valence-electron chi connectivity index (χ1n) is 8.05. The minimum Gasteiger partial charge on any atom is -0.370 e. The quantitative estimate of drug-likeness (QED) is 0.492. The zero-order chi connectivity index (χ0) is 19.1. The van der Waals surface area contributed by atoms with Gasteiger partial charge in [-0.15, -0.1) is 0 Å². The minimum atomic E-state index is -0.412. The van der Waals surface area contributed by atoms with Gasteiger partial charge in [-0.3, -0.25) is 14.9 Å². The van der Waals surface area contributed by atoms with Gasteiger partial charge in [-0.25, -0.2) is 0 Å². The number of hydrogen-bond acceptors (Lipinski definition) is 3. The van der Waals surface area contributed by atoms with Crippen LogP contribution in [0.2, 0.25) is 0 Å². The van der Waals surface area contributed by atoms with Gasteiger partial charge in [0.15, 0.2) is 5.11 Å². The molecule has 0 bridgehead atoms. The van der Waals surface area contributed by atoms with Crippen LogP contribution in [0.4, 0.5) is 0 Å². The van der Waals surface area contributed by atoms with Crippen LogP contribution in [-0.4, -0.2) is 28.4 Å². The number of nitrogens with two attached hydrogens (primary N) is 1. The van der Waals surface area contributed by atoms with Gasteiger partial charge in [0.25, 0.3) is 5.91 Å². The first-order valence-corrected chi connectivity index (χ1v) is 9.54. The fraction of sp³-hybridized carbons (Fsp3) is 0.211. The maximum atomic E-state index is 12.5. The Hall–Kier alpha value is -2.00. The Labute approximate surface area is 172 Å². The molecule has 0 aliphatic rings. The van der Waals surface area contributed by atoms with Crippen LogP contribution < -0.4 is 11.1 Å². The SMILES string of the molecule is Cc1ccc(C(=O)NC(=S)N(CCC(N)=O)Cc2ccccc2)cc1I. The molecule has 2 amide bonds. The van der Waals surface area contributed by atoms with Crippen LogP contribution in [0.25, 0.3) is 0 Å². The van der Waals surface area contributed by atoms with Gasteiger partial charge in [-0.05, 0) is 65.0 Å². The highest BCUT2D eigenvalue weighted by molar-refractivity contribution is 14.1. The van der Waals surface area contributed by atoms with E-state index >= 15 is 0 Å². The summed E-state index contributed by atoms with van der Waals surface area (Å²) >= 11 is 7.59. The summed E-state index contributed by atoms with van der Waals surface area (Å²) in [6.07, 6.45) is 0.158. The molecule has 0 spiro atoms. The molecule has 0 heterocycles. The average molecular weight is 481 g/mol. The molecule has 0 aromatic heterocycles. The molecule has 0 radical (unpaired) electrons. The van der Waals surface area contributed by atoms with Gasteiger partial charge in [0, 0.05) is 28.6 Å². The van der Waals surface area contributed by atoms with Crippen LogP contribution in [0.1, 0.15) is 27.9 Å². The van der Waals surface area contributed by atoms with Crippen molar-refractivity contribution in [1.82, 2.24) is 10.2 Å². The molecule has 0 atom stereocenters. The highest BCUT2D eigenvalue weighted by atomic mass is 127. The standard InChI is InChI=1S/C19H20IN3O2S/c1-13-7-8-15(11-16(13)20)18(25)22-19(26)23(10-9-17(21)24)12-14-5-3-2-4-6-14/h2-8,11H,9-10,12H2,1H3,(H2,21,24)(H,22,25,26). The van der Waals surface area contributed by atoms with Crippen LogP contribution in [0, 0.1) is 10.5 Å². The lowest BCUT2D eigenvalue weighted by atomic mass is 10.1. The van der Waals surface area contributed by atoms with Crippen molar-refractivity contribution in [2.45, 2.75) is 19.9 Å². The van der Waals surface area contributed by atoms with E-state index in [0.717, 1.165) is 14.7 Å². The van der Waals surface area contributed by atoms with Crippen molar-refractivity contribution in [2.75, 3.05) is 6.54 Å². The number of rotatable bonds is 6. The Morgan fingerprint density at radius 1 is 1.19 bits per heavy atom. The molecule has 2 aromatic carbocycles. The van der Waals surface area contributed by atoms with Crippen molar-refractivity contribution in [1.29, 1.82) is 0 Å². The largest absolute Gasteiger partial charge is 0.370 e. The summed E-state index contributed by atoms with van der Waals surface area (Å²) in [6, 6.07) is 15.2. The zero-order valence-electron chi connectivity index (χ0n) is 14.4. The third kappa shape index (κ3) is 6.06. The van der Waals surface area contributed by atoms with E-state index in [1.165, 1.54) is 0 Å². The molecule has 0 aliphatic heterocycles. The van der Waals surface area contributed by atoms with Gasteiger partial charge < -0.3 is 10.6 Å². The average Bonchev–Trinajstić information content (AvgIpc) is 2.61. The number of nitrogens with one attached hydrogen (secondary N) is 1. The van der Waals surface area contributed by atoms with E-state index in [9.17, 15) is 9.59 Å². The summed E-state index contributed by atoms with van der Waals surface area (Å²) in [5, 5.41) is 3.02. The van der Waals surface area contributed by atoms with E-state index < -0.39 is 5.91 Å². The minimum absolute atomic E-state index is 0.158. The number of hydrogen-bond donors (Lipinski definition) is 2. The van der Waals surface area contributed by atoms with E-state index in [2.05, 4.69) is 27.9 Å². The number of primary amides is 1. The molecule has 0 saturated carbocycles. The van der Waals surface area contributed by atoms with Gasteiger partial charge in [0.05, 0.1) is 0 Å². The summed E-state index contributed by atoms with van der Waals surface area (Å²) in [5.41, 5.74) is 7.93. The number of carbonyl (C=O) groups is 2. The topological polar surface area (TPSA) is 75.4 Å². The fourth-order valence-electron chi connectivity index (χ4n) is 2.28. The van der Waals surface area contributed by atoms with E-state index in [-0.39, 0.29) is 17.4 Å². The summed E-state index contributed by atoms with van der Waals surface area (Å²) in [5.74, 6) is -0.685. The summed E-state index contributed by atoms with van der Waals surface area (Å²) in [4.78, 5) is 25.4. The second kappa shape index (κ2) is 9.63. The van der Waals surface area contributed by atoms with Crippen molar-refractivity contribution in [3.05, 3.63) is 68.8 Å². The molecule has 5 nitrogen and oxygen atoms in total. The molecule has 3 N–H and O–H groups in total. The Morgan fingerprint density at radius 2 is 1.88 bits per heavy atom. The second-order valence-electron chi connectivity index (χ2n) is 5.85. The van der Waals surface area contributed by atoms with Gasteiger partial charge in [0.1, 0.15) is 0 Å². The summed E-state index contributed by atoms with van der Waals surface area (Å²) in [6.45, 7) is 2.81. The number of benzene rings is 2. The maximum Gasteiger partial charge on any atom is 0.257 e. The Morgan fingerprint density at radius 3 is 2.50 bits per heavy atom. The zero-order valence-corrected chi connectivity index (χ0v) is 17.3. The molecule has 0 aliphatic carbocycles. The van der Waals surface area contributed by atoms with E-state index in [1.54, 1.807) is 11.0 Å². The van der Waals surface area contributed by atoms with Crippen LogP contribution in [0.3, 0.4) is 0 Å². The molecule has 136 valence electrons. The van der Waals surface area contributed by atoms with Crippen molar-refractivity contribution >= 4 is 51.7 Å². The monoisotopic (exact) mass is 481 g/mol. The number of thiocarbonyl (C=S) groups is 1. The summed E-state index contributed by atoms with van der Waals surface area (Å²) < 4.78 is 1.01. The molecule has 7 heteroatoms. The number of aryl methyl sites for hydroxylation is 1. The van der Waals surface area contributed by atoms with Crippen LogP contribution in [0.5, 0.6) is 0 Å². The highest BCUT2D eigenvalue weighted by Crippen LogP contribution is 2.14. The number of amides is 2. The third-order valence-corrected chi connectivity index (χ3v) is 5.31. The Balaban J connectivity index is 2.10. The molecule has 0 unspecified atom stereocenters. The molecular formula is C19H20IN3O2S. The number of nitrogens with zero attached hydrogens (tertiary/aromatic N) is 1. The van der Waals surface area contributed by atoms with Crippen LogP contribution in [0.15, 0.2) is 48.5 Å². The van der Waals surface area contributed by atoms with E-state index in [4.69, 9.17) is 18.0 Å². The Kier molecular flexibility index (Phi) is 7.52. The smallest absolute Gasteiger partial charge is 0.257 e. The maximum absolute atomic E-state index is 12.5. The molecular weight excluding hydrogens is 461 g/mol. The van der Waals surface area contributed by atoms with E-state index in [1.807, 2.05) is 49.4 Å². The van der Waals surface area contributed by atoms with Gasteiger partial charge >= 0.3 is 0 Å². The first kappa shape index (κ1) is 20.3. The molecule has 2 rings (SSSR count). The van der Waals surface area contributed by atoms with Crippen molar-refractivity contribution in [2.24, 2.45) is 5.73 Å². The van der Waals surface area contributed by atoms with E-state index in [0.29, 0.717) is 18.7 Å². The molecule has 2 aromatic rings. The fourth-order valence-corrected chi connectivity index (χ4v) is 3.05. The highest BCUT2D eigenvalue weighted by Gasteiger charge is 2.16. The van der Waals surface area contributed by atoms with Gasteiger partial charge in [-0.1, -0.05) is 36.4 Å². The lowest BCUT2D eigenvalue weighted by Crippen LogP contribution is -2.43.